The summed E-state index contributed by atoms with van der Waals surface area (Å²) in [6, 6.07) is 8.04. The predicted molar refractivity (Wildman–Crippen MR) is 78.1 cm³/mol. The Morgan fingerprint density at radius 1 is 1.16 bits per heavy atom. The number of anilines is 1. The van der Waals surface area contributed by atoms with E-state index < -0.39 is 0 Å². The van der Waals surface area contributed by atoms with Gasteiger partial charge in [0, 0.05) is 23.3 Å². The van der Waals surface area contributed by atoms with E-state index in [0.717, 1.165) is 25.7 Å². The molecule has 3 N–H and O–H groups in total. The number of benzene rings is 1. The second-order valence-electron chi connectivity index (χ2n) is 5.56. The Kier molecular flexibility index (Phi) is 4.43. The monoisotopic (exact) mass is 261 g/mol. The summed E-state index contributed by atoms with van der Waals surface area (Å²) >= 11 is 0. The Labute approximate surface area is 115 Å². The standard InChI is InChI=1S/C15H23N3O/c1-18(2)14-9-7-13(8-10-14)17-15(19)11-3-5-12(16)6-4-11/h3-6,13-14H,7-10,16H2,1-2H3,(H,17,19). The van der Waals surface area contributed by atoms with Crippen molar-refractivity contribution in [1.82, 2.24) is 10.2 Å². The van der Waals surface area contributed by atoms with Gasteiger partial charge >= 0.3 is 0 Å². The number of nitrogens with one attached hydrogen (secondary N) is 1. The van der Waals surface area contributed by atoms with Gasteiger partial charge in [0.15, 0.2) is 0 Å². The molecule has 1 saturated carbocycles. The molecule has 1 aromatic rings. The average Bonchev–Trinajstić information content (AvgIpc) is 2.40. The van der Waals surface area contributed by atoms with Crippen LogP contribution in [0.4, 0.5) is 5.69 Å². The van der Waals surface area contributed by atoms with Gasteiger partial charge in [-0.1, -0.05) is 0 Å². The minimum atomic E-state index is 0.00769. The lowest BCUT2D eigenvalue weighted by molar-refractivity contribution is 0.0916. The number of hydrogen-bond donors (Lipinski definition) is 2. The van der Waals surface area contributed by atoms with Crippen LogP contribution in [0.3, 0.4) is 0 Å². The van der Waals surface area contributed by atoms with Crippen molar-refractivity contribution in [1.29, 1.82) is 0 Å². The number of rotatable bonds is 3. The maximum atomic E-state index is 12.1. The maximum Gasteiger partial charge on any atom is 0.251 e. The quantitative estimate of drug-likeness (QED) is 0.817. The van der Waals surface area contributed by atoms with Crippen molar-refractivity contribution in [2.75, 3.05) is 19.8 Å². The fourth-order valence-corrected chi connectivity index (χ4v) is 2.64. The molecule has 0 aliphatic heterocycles. The molecule has 0 saturated heterocycles. The first-order valence-corrected chi connectivity index (χ1v) is 6.89. The third kappa shape index (κ3) is 3.70. The van der Waals surface area contributed by atoms with Crippen LogP contribution in [0.15, 0.2) is 24.3 Å². The second-order valence-corrected chi connectivity index (χ2v) is 5.56. The first-order valence-electron chi connectivity index (χ1n) is 6.89. The fraction of sp³-hybridized carbons (Fsp3) is 0.533. The number of nitrogens with two attached hydrogens (primary N) is 1. The normalized spacial score (nSPS) is 23.3. The zero-order valence-corrected chi connectivity index (χ0v) is 11.7. The molecule has 0 aromatic heterocycles. The summed E-state index contributed by atoms with van der Waals surface area (Å²) in [5.74, 6) is 0.00769. The van der Waals surface area contributed by atoms with Crippen molar-refractivity contribution in [3.63, 3.8) is 0 Å². The molecule has 2 rings (SSSR count). The van der Waals surface area contributed by atoms with Gasteiger partial charge in [0.25, 0.3) is 5.91 Å². The largest absolute Gasteiger partial charge is 0.399 e. The van der Waals surface area contributed by atoms with E-state index in [-0.39, 0.29) is 5.91 Å². The van der Waals surface area contributed by atoms with Gasteiger partial charge in [-0.05, 0) is 64.0 Å². The number of carbonyl (C=O) groups is 1. The number of nitrogens with zero attached hydrogens (tertiary/aromatic N) is 1. The highest BCUT2D eigenvalue weighted by atomic mass is 16.1. The summed E-state index contributed by atoms with van der Waals surface area (Å²) in [7, 11) is 4.25. The summed E-state index contributed by atoms with van der Waals surface area (Å²) in [5, 5.41) is 3.12. The van der Waals surface area contributed by atoms with Gasteiger partial charge in [-0.2, -0.15) is 0 Å². The van der Waals surface area contributed by atoms with Crippen molar-refractivity contribution < 1.29 is 4.79 Å². The molecule has 0 unspecified atom stereocenters. The van der Waals surface area contributed by atoms with Gasteiger partial charge in [-0.3, -0.25) is 4.79 Å². The lowest BCUT2D eigenvalue weighted by Crippen LogP contribution is -2.41. The first-order chi connectivity index (χ1) is 9.06. The Bertz CT molecular complexity index is 420. The Balaban J connectivity index is 1.85. The van der Waals surface area contributed by atoms with E-state index in [1.165, 1.54) is 0 Å². The van der Waals surface area contributed by atoms with E-state index in [0.29, 0.717) is 23.3 Å². The van der Waals surface area contributed by atoms with Crippen molar-refractivity contribution in [2.45, 2.75) is 37.8 Å². The number of carbonyl (C=O) groups excluding carboxylic acids is 1. The Hall–Kier alpha value is -1.55. The molecule has 19 heavy (non-hydrogen) atoms. The van der Waals surface area contributed by atoms with E-state index in [2.05, 4.69) is 24.3 Å². The molecule has 1 amide bonds. The summed E-state index contributed by atoms with van der Waals surface area (Å²) in [6.45, 7) is 0. The van der Waals surface area contributed by atoms with Crippen LogP contribution in [0.25, 0.3) is 0 Å². The van der Waals surface area contributed by atoms with Crippen LogP contribution in [0, 0.1) is 0 Å². The number of hydrogen-bond acceptors (Lipinski definition) is 3. The van der Waals surface area contributed by atoms with Crippen LogP contribution in [0.2, 0.25) is 0 Å². The van der Waals surface area contributed by atoms with E-state index in [1.54, 1.807) is 24.3 Å². The molecule has 1 aromatic carbocycles. The topological polar surface area (TPSA) is 58.4 Å². The smallest absolute Gasteiger partial charge is 0.251 e. The van der Waals surface area contributed by atoms with Gasteiger partial charge in [-0.25, -0.2) is 0 Å². The van der Waals surface area contributed by atoms with Gasteiger partial charge < -0.3 is 16.0 Å². The summed E-state index contributed by atoms with van der Waals surface area (Å²) < 4.78 is 0. The van der Waals surface area contributed by atoms with Crippen LogP contribution in [0.5, 0.6) is 0 Å². The minimum absolute atomic E-state index is 0.00769. The average molecular weight is 261 g/mol. The molecule has 0 spiro atoms. The second kappa shape index (κ2) is 6.06. The van der Waals surface area contributed by atoms with Crippen LogP contribution in [0.1, 0.15) is 36.0 Å². The molecule has 0 atom stereocenters. The van der Waals surface area contributed by atoms with Crippen LogP contribution < -0.4 is 11.1 Å². The zero-order valence-electron chi connectivity index (χ0n) is 11.7. The molecular weight excluding hydrogens is 238 g/mol. The Morgan fingerprint density at radius 2 is 1.74 bits per heavy atom. The lowest BCUT2D eigenvalue weighted by Gasteiger charge is -2.32. The first kappa shape index (κ1) is 13.9. The molecular formula is C15H23N3O. The van der Waals surface area contributed by atoms with Gasteiger partial charge in [0.1, 0.15) is 0 Å². The Morgan fingerprint density at radius 3 is 2.26 bits per heavy atom. The van der Waals surface area contributed by atoms with Crippen LogP contribution in [-0.2, 0) is 0 Å². The van der Waals surface area contributed by atoms with E-state index in [9.17, 15) is 4.79 Å². The summed E-state index contributed by atoms with van der Waals surface area (Å²) in [4.78, 5) is 14.4. The molecule has 1 aliphatic rings. The highest BCUT2D eigenvalue weighted by molar-refractivity contribution is 5.94. The minimum Gasteiger partial charge on any atom is -0.399 e. The van der Waals surface area contributed by atoms with Crippen LogP contribution in [-0.4, -0.2) is 37.0 Å². The van der Waals surface area contributed by atoms with Gasteiger partial charge in [0.05, 0.1) is 0 Å². The summed E-state index contributed by atoms with van der Waals surface area (Å²) in [6.07, 6.45) is 4.42. The maximum absolute atomic E-state index is 12.1. The molecule has 0 radical (unpaired) electrons. The fourth-order valence-electron chi connectivity index (χ4n) is 2.64. The van der Waals surface area contributed by atoms with E-state index >= 15 is 0 Å². The molecule has 0 bridgehead atoms. The number of nitrogen functional groups attached to an aromatic ring is 1. The predicted octanol–water partition coefficient (Wildman–Crippen LogP) is 1.87. The third-order valence-electron chi connectivity index (χ3n) is 3.94. The highest BCUT2D eigenvalue weighted by Gasteiger charge is 2.23. The van der Waals surface area contributed by atoms with E-state index in [1.807, 2.05) is 0 Å². The van der Waals surface area contributed by atoms with Crippen molar-refractivity contribution in [3.8, 4) is 0 Å². The molecule has 1 aliphatic carbocycles. The lowest BCUT2D eigenvalue weighted by atomic mass is 9.90. The molecule has 4 heteroatoms. The molecule has 4 nitrogen and oxygen atoms in total. The zero-order chi connectivity index (χ0) is 13.8. The van der Waals surface area contributed by atoms with E-state index in [4.69, 9.17) is 5.73 Å². The third-order valence-corrected chi connectivity index (χ3v) is 3.94. The van der Waals surface area contributed by atoms with Gasteiger partial charge in [-0.15, -0.1) is 0 Å². The van der Waals surface area contributed by atoms with Crippen molar-refractivity contribution >= 4 is 11.6 Å². The summed E-state index contributed by atoms with van der Waals surface area (Å²) in [5.41, 5.74) is 6.99. The van der Waals surface area contributed by atoms with Crippen molar-refractivity contribution in [2.24, 2.45) is 0 Å². The van der Waals surface area contributed by atoms with Crippen LogP contribution >= 0.6 is 0 Å². The van der Waals surface area contributed by atoms with Gasteiger partial charge in [0.2, 0.25) is 0 Å². The SMILES string of the molecule is CN(C)C1CCC(NC(=O)c2ccc(N)cc2)CC1. The molecule has 1 fully saturated rings. The molecule has 104 valence electrons. The van der Waals surface area contributed by atoms with Crippen molar-refractivity contribution in [3.05, 3.63) is 29.8 Å². The number of amides is 1. The highest BCUT2D eigenvalue weighted by Crippen LogP contribution is 2.21. The molecule has 0 heterocycles.